The van der Waals surface area contributed by atoms with E-state index in [1.165, 1.54) is 0 Å². The zero-order valence-electron chi connectivity index (χ0n) is 8.93. The maximum absolute atomic E-state index is 6.13. The summed E-state index contributed by atoms with van der Waals surface area (Å²) < 4.78 is 2.98. The number of aromatic nitrogens is 3. The van der Waals surface area contributed by atoms with Crippen LogP contribution in [0, 0.1) is 0 Å². The predicted octanol–water partition coefficient (Wildman–Crippen LogP) is 2.36. The molecule has 4 nitrogen and oxygen atoms in total. The van der Waals surface area contributed by atoms with E-state index < -0.39 is 0 Å². The lowest BCUT2D eigenvalue weighted by atomic mass is 10.2. The first-order valence-corrected chi connectivity index (χ1v) is 6.69. The van der Waals surface area contributed by atoms with Crippen LogP contribution in [0.15, 0.2) is 22.2 Å². The number of halogens is 1. The third kappa shape index (κ3) is 2.50. The van der Waals surface area contributed by atoms with E-state index in [-0.39, 0.29) is 6.04 Å². The first-order chi connectivity index (χ1) is 7.70. The van der Waals surface area contributed by atoms with Gasteiger partial charge in [0.25, 0.3) is 0 Å². The Balaban J connectivity index is 2.10. The molecule has 2 rings (SSSR count). The van der Waals surface area contributed by atoms with Gasteiger partial charge in [-0.1, -0.05) is 0 Å². The van der Waals surface area contributed by atoms with E-state index in [1.54, 1.807) is 17.7 Å². The van der Waals surface area contributed by atoms with Crippen LogP contribution in [0.2, 0.25) is 0 Å². The number of nitrogens with zero attached hydrogens (tertiary/aromatic N) is 3. The highest BCUT2D eigenvalue weighted by molar-refractivity contribution is 9.11. The van der Waals surface area contributed by atoms with Crippen LogP contribution in [0.3, 0.4) is 0 Å². The number of rotatable bonds is 4. The van der Waals surface area contributed by atoms with Crippen molar-refractivity contribution in [1.29, 1.82) is 0 Å². The second-order valence-corrected chi connectivity index (χ2v) is 5.94. The van der Waals surface area contributed by atoms with Crippen LogP contribution in [0.5, 0.6) is 0 Å². The fourth-order valence-corrected chi connectivity index (χ4v) is 2.96. The molecule has 0 fully saturated rings. The molecule has 0 amide bonds. The normalized spacial score (nSPS) is 12.9. The SMILES string of the molecule is CCn1ncnc1CC(N)c1ccc(Br)s1. The first kappa shape index (κ1) is 11.8. The quantitative estimate of drug-likeness (QED) is 0.943. The molecular formula is C10H13BrN4S. The van der Waals surface area contributed by atoms with E-state index in [9.17, 15) is 0 Å². The van der Waals surface area contributed by atoms with Crippen LogP contribution in [-0.2, 0) is 13.0 Å². The van der Waals surface area contributed by atoms with Crippen molar-refractivity contribution in [1.82, 2.24) is 14.8 Å². The van der Waals surface area contributed by atoms with Crippen molar-refractivity contribution in [3.63, 3.8) is 0 Å². The van der Waals surface area contributed by atoms with Crippen LogP contribution < -0.4 is 5.73 Å². The number of nitrogens with two attached hydrogens (primary N) is 1. The van der Waals surface area contributed by atoms with Gasteiger partial charge in [-0.2, -0.15) is 5.10 Å². The van der Waals surface area contributed by atoms with Crippen LogP contribution in [0.1, 0.15) is 23.7 Å². The Hall–Kier alpha value is -0.720. The zero-order chi connectivity index (χ0) is 11.5. The molecule has 0 aliphatic carbocycles. The zero-order valence-corrected chi connectivity index (χ0v) is 11.3. The number of aryl methyl sites for hydroxylation is 1. The van der Waals surface area contributed by atoms with Gasteiger partial charge in [-0.25, -0.2) is 4.98 Å². The Morgan fingerprint density at radius 3 is 3.00 bits per heavy atom. The highest BCUT2D eigenvalue weighted by Crippen LogP contribution is 2.27. The van der Waals surface area contributed by atoms with Crippen molar-refractivity contribution in [2.24, 2.45) is 5.73 Å². The molecule has 0 aromatic carbocycles. The monoisotopic (exact) mass is 300 g/mol. The maximum Gasteiger partial charge on any atom is 0.138 e. The van der Waals surface area contributed by atoms with Gasteiger partial charge in [0.1, 0.15) is 12.2 Å². The molecule has 2 N–H and O–H groups in total. The molecule has 0 saturated heterocycles. The average molecular weight is 301 g/mol. The molecule has 6 heteroatoms. The molecule has 2 aromatic heterocycles. The lowest BCUT2D eigenvalue weighted by Gasteiger charge is -2.09. The molecule has 1 unspecified atom stereocenters. The molecule has 0 spiro atoms. The fourth-order valence-electron chi connectivity index (χ4n) is 1.54. The summed E-state index contributed by atoms with van der Waals surface area (Å²) in [4.78, 5) is 5.39. The molecule has 0 saturated carbocycles. The van der Waals surface area contributed by atoms with E-state index in [0.717, 1.165) is 27.5 Å². The molecule has 2 aromatic rings. The third-order valence-corrected chi connectivity index (χ3v) is 4.11. The Labute approximate surface area is 107 Å². The summed E-state index contributed by atoms with van der Waals surface area (Å²) in [6, 6.07) is 4.06. The minimum atomic E-state index is -0.00852. The first-order valence-electron chi connectivity index (χ1n) is 5.08. The second-order valence-electron chi connectivity index (χ2n) is 3.44. The van der Waals surface area contributed by atoms with Gasteiger partial charge >= 0.3 is 0 Å². The summed E-state index contributed by atoms with van der Waals surface area (Å²) >= 11 is 5.10. The standard InChI is InChI=1S/C10H13BrN4S/c1-2-15-10(13-6-14-15)5-7(12)8-3-4-9(11)16-8/h3-4,6-7H,2,5,12H2,1H3. The molecule has 0 radical (unpaired) electrons. The molecule has 2 heterocycles. The Kier molecular flexibility index (Phi) is 3.73. The molecule has 16 heavy (non-hydrogen) atoms. The van der Waals surface area contributed by atoms with Crippen molar-refractivity contribution in [3.8, 4) is 0 Å². The van der Waals surface area contributed by atoms with Crippen molar-refractivity contribution in [3.05, 3.63) is 32.9 Å². The van der Waals surface area contributed by atoms with Gasteiger partial charge in [0.15, 0.2) is 0 Å². The Bertz CT molecular complexity index is 465. The minimum absolute atomic E-state index is 0.00852. The van der Waals surface area contributed by atoms with Crippen LogP contribution >= 0.6 is 27.3 Å². The molecular weight excluding hydrogens is 288 g/mol. The lowest BCUT2D eigenvalue weighted by molar-refractivity contribution is 0.584. The summed E-state index contributed by atoms with van der Waals surface area (Å²) in [7, 11) is 0. The predicted molar refractivity (Wildman–Crippen MR) is 68.3 cm³/mol. The van der Waals surface area contributed by atoms with Gasteiger partial charge in [0.05, 0.1) is 3.79 Å². The highest BCUT2D eigenvalue weighted by atomic mass is 79.9. The molecule has 86 valence electrons. The van der Waals surface area contributed by atoms with Crippen LogP contribution in [-0.4, -0.2) is 14.8 Å². The van der Waals surface area contributed by atoms with Crippen LogP contribution in [0.4, 0.5) is 0 Å². The summed E-state index contributed by atoms with van der Waals surface area (Å²) in [6.45, 7) is 2.88. The van der Waals surface area contributed by atoms with Gasteiger partial charge < -0.3 is 5.73 Å². The number of hydrogen-bond acceptors (Lipinski definition) is 4. The number of hydrogen-bond donors (Lipinski definition) is 1. The van der Waals surface area contributed by atoms with Gasteiger partial charge in [0.2, 0.25) is 0 Å². The van der Waals surface area contributed by atoms with Crippen molar-refractivity contribution >= 4 is 27.3 Å². The van der Waals surface area contributed by atoms with Crippen LogP contribution in [0.25, 0.3) is 0 Å². The van der Waals surface area contributed by atoms with Gasteiger partial charge in [-0.3, -0.25) is 4.68 Å². The smallest absolute Gasteiger partial charge is 0.138 e. The number of thiophene rings is 1. The average Bonchev–Trinajstić information content (AvgIpc) is 2.86. The third-order valence-electron chi connectivity index (χ3n) is 2.36. The largest absolute Gasteiger partial charge is 0.323 e. The Morgan fingerprint density at radius 1 is 1.56 bits per heavy atom. The van der Waals surface area contributed by atoms with Crippen molar-refractivity contribution in [2.75, 3.05) is 0 Å². The van der Waals surface area contributed by atoms with E-state index >= 15 is 0 Å². The topological polar surface area (TPSA) is 56.7 Å². The van der Waals surface area contributed by atoms with Gasteiger partial charge in [0, 0.05) is 23.9 Å². The second kappa shape index (κ2) is 5.07. The van der Waals surface area contributed by atoms with E-state index in [1.807, 2.05) is 23.7 Å². The van der Waals surface area contributed by atoms with Crippen molar-refractivity contribution < 1.29 is 0 Å². The molecule has 0 aliphatic heterocycles. The van der Waals surface area contributed by atoms with Gasteiger partial charge in [-0.05, 0) is 35.0 Å². The van der Waals surface area contributed by atoms with Gasteiger partial charge in [-0.15, -0.1) is 11.3 Å². The summed E-state index contributed by atoms with van der Waals surface area (Å²) in [5.41, 5.74) is 6.13. The summed E-state index contributed by atoms with van der Waals surface area (Å²) in [5.74, 6) is 0.944. The van der Waals surface area contributed by atoms with E-state index in [0.29, 0.717) is 0 Å². The van der Waals surface area contributed by atoms with Crippen molar-refractivity contribution in [2.45, 2.75) is 25.9 Å². The Morgan fingerprint density at radius 2 is 2.38 bits per heavy atom. The van der Waals surface area contributed by atoms with E-state index in [2.05, 4.69) is 26.0 Å². The highest BCUT2D eigenvalue weighted by Gasteiger charge is 2.13. The van der Waals surface area contributed by atoms with E-state index in [4.69, 9.17) is 5.73 Å². The molecule has 1 atom stereocenters. The minimum Gasteiger partial charge on any atom is -0.323 e. The fraction of sp³-hybridized carbons (Fsp3) is 0.400. The molecule has 0 bridgehead atoms. The summed E-state index contributed by atoms with van der Waals surface area (Å²) in [5, 5.41) is 4.13. The maximum atomic E-state index is 6.13. The molecule has 0 aliphatic rings. The lowest BCUT2D eigenvalue weighted by Crippen LogP contribution is -2.15. The summed E-state index contributed by atoms with van der Waals surface area (Å²) in [6.07, 6.45) is 2.30.